The van der Waals surface area contributed by atoms with Crippen molar-refractivity contribution < 1.29 is 9.90 Å². The summed E-state index contributed by atoms with van der Waals surface area (Å²) in [4.78, 5) is 27.1. The Balaban J connectivity index is 1.67. The predicted octanol–water partition coefficient (Wildman–Crippen LogP) is 1.70. The van der Waals surface area contributed by atoms with Crippen molar-refractivity contribution in [3.63, 3.8) is 0 Å². The van der Waals surface area contributed by atoms with Crippen LogP contribution in [0.3, 0.4) is 0 Å². The van der Waals surface area contributed by atoms with Gasteiger partial charge in [0.2, 0.25) is 5.95 Å². The molecule has 1 atom stereocenters. The van der Waals surface area contributed by atoms with Crippen LogP contribution in [0.2, 0.25) is 0 Å². The van der Waals surface area contributed by atoms with Crippen LogP contribution in [0.5, 0.6) is 0 Å². The third kappa shape index (κ3) is 3.71. The van der Waals surface area contributed by atoms with E-state index in [2.05, 4.69) is 26.7 Å². The normalized spacial score (nSPS) is 23.2. The standard InChI is InChI=1S/C18H29N5O2/c1-4-9-23-13-18(12-14(23)16(24)25)6-10-22(11-7-18)17-19-8-5-15(20-17)21(2)3/h5,8,14H,4,6-7,9-13H2,1-3H3,(H,24,25)/t14-/m1/s1. The Hall–Kier alpha value is -1.89. The maximum Gasteiger partial charge on any atom is 0.320 e. The summed E-state index contributed by atoms with van der Waals surface area (Å²) in [6.07, 6.45) is 5.59. The Kier molecular flexibility index (Phi) is 5.13. The second-order valence-electron chi connectivity index (χ2n) is 7.62. The highest BCUT2D eigenvalue weighted by Gasteiger charge is 2.47. The zero-order chi connectivity index (χ0) is 18.0. The van der Waals surface area contributed by atoms with E-state index >= 15 is 0 Å². The first-order valence-electron chi connectivity index (χ1n) is 9.16. The van der Waals surface area contributed by atoms with Crippen LogP contribution in [0.1, 0.15) is 32.6 Å². The van der Waals surface area contributed by atoms with E-state index in [9.17, 15) is 9.90 Å². The van der Waals surface area contributed by atoms with E-state index in [1.165, 1.54) is 0 Å². The molecular formula is C18H29N5O2. The summed E-state index contributed by atoms with van der Waals surface area (Å²) in [5.41, 5.74) is 0.133. The van der Waals surface area contributed by atoms with Crippen LogP contribution in [0.4, 0.5) is 11.8 Å². The Morgan fingerprint density at radius 1 is 1.40 bits per heavy atom. The van der Waals surface area contributed by atoms with Gasteiger partial charge in [0.1, 0.15) is 11.9 Å². The fourth-order valence-electron chi connectivity index (χ4n) is 4.19. The molecule has 138 valence electrons. The molecule has 7 heteroatoms. The number of aromatic nitrogens is 2. The highest BCUT2D eigenvalue weighted by atomic mass is 16.4. The van der Waals surface area contributed by atoms with E-state index in [-0.39, 0.29) is 11.5 Å². The zero-order valence-corrected chi connectivity index (χ0v) is 15.5. The van der Waals surface area contributed by atoms with Crippen molar-refractivity contribution in [3.8, 4) is 0 Å². The van der Waals surface area contributed by atoms with Crippen molar-refractivity contribution in [2.24, 2.45) is 5.41 Å². The highest BCUT2D eigenvalue weighted by molar-refractivity contribution is 5.74. The van der Waals surface area contributed by atoms with Gasteiger partial charge in [-0.15, -0.1) is 0 Å². The van der Waals surface area contributed by atoms with Gasteiger partial charge >= 0.3 is 5.97 Å². The van der Waals surface area contributed by atoms with E-state index in [0.717, 1.165) is 63.6 Å². The molecule has 0 amide bonds. The molecule has 2 saturated heterocycles. The molecule has 0 aliphatic carbocycles. The molecule has 0 radical (unpaired) electrons. The average molecular weight is 347 g/mol. The molecule has 1 N–H and O–H groups in total. The number of carboxylic acid groups (broad SMARTS) is 1. The number of hydrogen-bond donors (Lipinski definition) is 1. The third-order valence-electron chi connectivity index (χ3n) is 5.59. The fourth-order valence-corrected chi connectivity index (χ4v) is 4.19. The van der Waals surface area contributed by atoms with Crippen LogP contribution in [0, 0.1) is 5.41 Å². The molecule has 0 unspecified atom stereocenters. The number of piperidine rings is 1. The van der Waals surface area contributed by atoms with E-state index in [4.69, 9.17) is 0 Å². The minimum Gasteiger partial charge on any atom is -0.480 e. The average Bonchev–Trinajstić information content (AvgIpc) is 2.94. The Morgan fingerprint density at radius 3 is 2.72 bits per heavy atom. The quantitative estimate of drug-likeness (QED) is 0.869. The summed E-state index contributed by atoms with van der Waals surface area (Å²) >= 11 is 0. The minimum atomic E-state index is -0.672. The van der Waals surface area contributed by atoms with Crippen LogP contribution < -0.4 is 9.80 Å². The number of rotatable bonds is 5. The smallest absolute Gasteiger partial charge is 0.320 e. The number of aliphatic carboxylic acids is 1. The molecular weight excluding hydrogens is 318 g/mol. The molecule has 1 aromatic heterocycles. The summed E-state index contributed by atoms with van der Waals surface area (Å²) < 4.78 is 0. The molecule has 2 fully saturated rings. The molecule has 7 nitrogen and oxygen atoms in total. The number of carboxylic acids is 1. The van der Waals surface area contributed by atoms with Gasteiger partial charge in [-0.3, -0.25) is 9.69 Å². The van der Waals surface area contributed by atoms with Gasteiger partial charge in [-0.25, -0.2) is 4.98 Å². The molecule has 0 aromatic carbocycles. The Bertz CT molecular complexity index is 613. The van der Waals surface area contributed by atoms with E-state index in [1.54, 1.807) is 6.20 Å². The first kappa shape index (κ1) is 17.9. The van der Waals surface area contributed by atoms with Crippen LogP contribution in [0.25, 0.3) is 0 Å². The lowest BCUT2D eigenvalue weighted by molar-refractivity contribution is -0.142. The monoisotopic (exact) mass is 347 g/mol. The number of carbonyl (C=O) groups is 1. The summed E-state index contributed by atoms with van der Waals surface area (Å²) in [6, 6.07) is 1.59. The van der Waals surface area contributed by atoms with E-state index in [1.807, 2.05) is 25.1 Å². The molecule has 3 rings (SSSR count). The lowest BCUT2D eigenvalue weighted by Crippen LogP contribution is -2.42. The predicted molar refractivity (Wildman–Crippen MR) is 98.1 cm³/mol. The van der Waals surface area contributed by atoms with Crippen LogP contribution in [0.15, 0.2) is 12.3 Å². The molecule has 0 saturated carbocycles. The van der Waals surface area contributed by atoms with Crippen molar-refractivity contribution >= 4 is 17.7 Å². The maximum absolute atomic E-state index is 11.6. The van der Waals surface area contributed by atoms with E-state index < -0.39 is 5.97 Å². The minimum absolute atomic E-state index is 0.133. The molecule has 0 bridgehead atoms. The molecule has 3 heterocycles. The summed E-state index contributed by atoms with van der Waals surface area (Å²) in [5, 5.41) is 9.56. The molecule has 1 spiro atoms. The summed E-state index contributed by atoms with van der Waals surface area (Å²) in [6.45, 7) is 5.68. The van der Waals surface area contributed by atoms with Gasteiger partial charge in [-0.1, -0.05) is 6.92 Å². The summed E-state index contributed by atoms with van der Waals surface area (Å²) in [7, 11) is 3.95. The van der Waals surface area contributed by atoms with Crippen LogP contribution in [-0.2, 0) is 4.79 Å². The largest absolute Gasteiger partial charge is 0.480 e. The first-order chi connectivity index (χ1) is 11.9. The Labute approximate surface area is 149 Å². The van der Waals surface area contributed by atoms with Gasteiger partial charge < -0.3 is 14.9 Å². The van der Waals surface area contributed by atoms with Gasteiger partial charge in [0.15, 0.2) is 0 Å². The topological polar surface area (TPSA) is 72.8 Å². The van der Waals surface area contributed by atoms with Crippen molar-refractivity contribution in [3.05, 3.63) is 12.3 Å². The van der Waals surface area contributed by atoms with Crippen LogP contribution >= 0.6 is 0 Å². The number of anilines is 2. The van der Waals surface area contributed by atoms with Gasteiger partial charge in [0.05, 0.1) is 0 Å². The van der Waals surface area contributed by atoms with Crippen molar-refractivity contribution in [2.45, 2.75) is 38.6 Å². The summed E-state index contributed by atoms with van der Waals surface area (Å²) in [5.74, 6) is 1.01. The molecule has 25 heavy (non-hydrogen) atoms. The van der Waals surface area contributed by atoms with Crippen molar-refractivity contribution in [2.75, 3.05) is 50.1 Å². The zero-order valence-electron chi connectivity index (χ0n) is 15.5. The lowest BCUT2D eigenvalue weighted by Gasteiger charge is -2.39. The third-order valence-corrected chi connectivity index (χ3v) is 5.59. The van der Waals surface area contributed by atoms with Crippen molar-refractivity contribution in [1.82, 2.24) is 14.9 Å². The van der Waals surface area contributed by atoms with Crippen molar-refractivity contribution in [1.29, 1.82) is 0 Å². The second-order valence-corrected chi connectivity index (χ2v) is 7.62. The van der Waals surface area contributed by atoms with Gasteiger partial charge in [0.25, 0.3) is 0 Å². The van der Waals surface area contributed by atoms with E-state index in [0.29, 0.717) is 0 Å². The Morgan fingerprint density at radius 2 is 2.12 bits per heavy atom. The van der Waals surface area contributed by atoms with Gasteiger partial charge in [0, 0.05) is 39.9 Å². The maximum atomic E-state index is 11.6. The van der Waals surface area contributed by atoms with Gasteiger partial charge in [-0.05, 0) is 43.7 Å². The SMILES string of the molecule is CCCN1CC2(CCN(c3nccc(N(C)C)n3)CC2)C[C@@H]1C(=O)O. The lowest BCUT2D eigenvalue weighted by atomic mass is 9.76. The van der Waals surface area contributed by atoms with Gasteiger partial charge in [-0.2, -0.15) is 4.98 Å². The molecule has 2 aliphatic rings. The number of likely N-dealkylation sites (tertiary alicyclic amines) is 1. The van der Waals surface area contributed by atoms with Crippen LogP contribution in [-0.4, -0.2) is 72.3 Å². The number of hydrogen-bond acceptors (Lipinski definition) is 6. The fraction of sp³-hybridized carbons (Fsp3) is 0.722. The molecule has 1 aromatic rings. The highest BCUT2D eigenvalue weighted by Crippen LogP contribution is 2.43. The first-order valence-corrected chi connectivity index (χ1v) is 9.16. The molecule has 2 aliphatic heterocycles. The second kappa shape index (κ2) is 7.15. The number of nitrogens with zero attached hydrogens (tertiary/aromatic N) is 5.